The highest BCUT2D eigenvalue weighted by Gasteiger charge is 2.20. The van der Waals surface area contributed by atoms with E-state index in [9.17, 15) is 4.79 Å². The molecule has 0 aliphatic heterocycles. The second-order valence-corrected chi connectivity index (χ2v) is 10.2. The molecule has 0 bridgehead atoms. The van der Waals surface area contributed by atoms with E-state index in [-0.39, 0.29) is 17.9 Å². The van der Waals surface area contributed by atoms with Gasteiger partial charge in [0, 0.05) is 27.8 Å². The molecule has 0 aliphatic rings. The quantitative estimate of drug-likeness (QED) is 0.302. The van der Waals surface area contributed by atoms with Crippen molar-refractivity contribution < 1.29 is 14.3 Å². The molecule has 0 fully saturated rings. The van der Waals surface area contributed by atoms with Crippen molar-refractivity contribution in [2.45, 2.75) is 33.1 Å². The van der Waals surface area contributed by atoms with Crippen LogP contribution in [0.1, 0.15) is 31.9 Å². The highest BCUT2D eigenvalue weighted by Crippen LogP contribution is 2.34. The number of benzene rings is 3. The van der Waals surface area contributed by atoms with Crippen LogP contribution >= 0.6 is 11.3 Å². The van der Waals surface area contributed by atoms with Crippen molar-refractivity contribution in [3.8, 4) is 33.3 Å². The van der Waals surface area contributed by atoms with Crippen molar-refractivity contribution in [2.75, 3.05) is 19.0 Å². The standard InChI is InChI=1S/C29H30N2O3S/c1-19-8-6-7-9-23(19)28-31-25(18-35-28)20-10-12-21(13-11-20)30-27(32)17-34-26-15-14-22(33-5)16-24(26)29(2,3)4/h6-16,18H,17H2,1-5H3,(H,30,32). The zero-order valence-corrected chi connectivity index (χ0v) is 21.5. The summed E-state index contributed by atoms with van der Waals surface area (Å²) in [5.41, 5.74) is 5.83. The number of anilines is 1. The molecule has 3 aromatic carbocycles. The number of hydrogen-bond acceptors (Lipinski definition) is 5. The maximum absolute atomic E-state index is 12.5. The van der Waals surface area contributed by atoms with Gasteiger partial charge >= 0.3 is 0 Å². The number of aromatic nitrogens is 1. The Labute approximate surface area is 210 Å². The minimum absolute atomic E-state index is 0.0803. The number of ether oxygens (including phenoxy) is 2. The van der Waals surface area contributed by atoms with Gasteiger partial charge in [-0.3, -0.25) is 4.79 Å². The topological polar surface area (TPSA) is 60.5 Å². The number of nitrogens with zero attached hydrogens (tertiary/aromatic N) is 1. The normalized spacial score (nSPS) is 11.2. The van der Waals surface area contributed by atoms with Gasteiger partial charge in [-0.05, 0) is 48.2 Å². The molecule has 6 heteroatoms. The fourth-order valence-electron chi connectivity index (χ4n) is 3.76. The Kier molecular flexibility index (Phi) is 7.22. The van der Waals surface area contributed by atoms with Crippen LogP contribution < -0.4 is 14.8 Å². The van der Waals surface area contributed by atoms with Crippen LogP contribution in [0.15, 0.2) is 72.1 Å². The highest BCUT2D eigenvalue weighted by atomic mass is 32.1. The van der Waals surface area contributed by atoms with Crippen LogP contribution in [0.2, 0.25) is 0 Å². The summed E-state index contributed by atoms with van der Waals surface area (Å²) in [6.07, 6.45) is 0. The lowest BCUT2D eigenvalue weighted by molar-refractivity contribution is -0.118. The second-order valence-electron chi connectivity index (χ2n) is 9.38. The number of amides is 1. The first kappa shape index (κ1) is 24.5. The molecule has 4 rings (SSSR count). The Morgan fingerprint density at radius 2 is 1.77 bits per heavy atom. The van der Waals surface area contributed by atoms with Gasteiger partial charge in [0.15, 0.2) is 6.61 Å². The molecule has 0 saturated heterocycles. The summed E-state index contributed by atoms with van der Waals surface area (Å²) in [5.74, 6) is 1.22. The number of hydrogen-bond donors (Lipinski definition) is 1. The zero-order chi connectivity index (χ0) is 25.0. The average Bonchev–Trinajstić information content (AvgIpc) is 3.33. The fraction of sp³-hybridized carbons (Fsp3) is 0.241. The molecule has 5 nitrogen and oxygen atoms in total. The Balaban J connectivity index is 1.39. The third kappa shape index (κ3) is 5.89. The van der Waals surface area contributed by atoms with Crippen LogP contribution in [-0.2, 0) is 10.2 Å². The summed E-state index contributed by atoms with van der Waals surface area (Å²) in [6.45, 7) is 8.31. The van der Waals surface area contributed by atoms with E-state index in [4.69, 9.17) is 14.5 Å². The van der Waals surface area contributed by atoms with Gasteiger partial charge in [0.2, 0.25) is 0 Å². The van der Waals surface area contributed by atoms with Gasteiger partial charge in [0.1, 0.15) is 16.5 Å². The lowest BCUT2D eigenvalue weighted by Crippen LogP contribution is -2.22. The van der Waals surface area contributed by atoms with Gasteiger partial charge in [0.25, 0.3) is 5.91 Å². The van der Waals surface area contributed by atoms with Gasteiger partial charge in [0.05, 0.1) is 12.8 Å². The first-order valence-corrected chi connectivity index (χ1v) is 12.4. The number of methoxy groups -OCH3 is 1. The number of thiazole rings is 1. The number of carbonyl (C=O) groups is 1. The molecule has 0 radical (unpaired) electrons. The van der Waals surface area contributed by atoms with E-state index in [1.54, 1.807) is 18.4 Å². The van der Waals surface area contributed by atoms with Crippen molar-refractivity contribution in [1.29, 1.82) is 0 Å². The van der Waals surface area contributed by atoms with Crippen molar-refractivity contribution in [3.63, 3.8) is 0 Å². The van der Waals surface area contributed by atoms with E-state index in [0.29, 0.717) is 11.4 Å². The number of carbonyl (C=O) groups excluding carboxylic acids is 1. The van der Waals surface area contributed by atoms with E-state index in [2.05, 4.69) is 50.5 Å². The molecule has 1 heterocycles. The maximum atomic E-state index is 12.5. The first-order valence-electron chi connectivity index (χ1n) is 11.5. The third-order valence-corrected chi connectivity index (χ3v) is 6.57. The Bertz CT molecular complexity index is 1320. The summed E-state index contributed by atoms with van der Waals surface area (Å²) < 4.78 is 11.2. The molecule has 35 heavy (non-hydrogen) atoms. The van der Waals surface area contributed by atoms with Gasteiger partial charge in [-0.25, -0.2) is 4.98 Å². The van der Waals surface area contributed by atoms with Crippen LogP contribution in [0.3, 0.4) is 0 Å². The smallest absolute Gasteiger partial charge is 0.262 e. The summed E-state index contributed by atoms with van der Waals surface area (Å²) in [5, 5.41) is 5.96. The molecule has 0 atom stereocenters. The number of nitrogens with one attached hydrogen (secondary N) is 1. The first-order chi connectivity index (χ1) is 16.7. The molecule has 0 unspecified atom stereocenters. The minimum Gasteiger partial charge on any atom is -0.497 e. The molecule has 4 aromatic rings. The SMILES string of the molecule is COc1ccc(OCC(=O)Nc2ccc(-c3csc(-c4ccccc4C)n3)cc2)c(C(C)(C)C)c1. The van der Waals surface area contributed by atoms with Crippen molar-refractivity contribution in [3.05, 3.63) is 83.2 Å². The minimum atomic E-state index is -0.219. The molecule has 1 N–H and O–H groups in total. The predicted octanol–water partition coefficient (Wildman–Crippen LogP) is 7.11. The summed E-state index contributed by atoms with van der Waals surface area (Å²) in [7, 11) is 1.64. The number of aryl methyl sites for hydroxylation is 1. The van der Waals surface area contributed by atoms with E-state index < -0.39 is 0 Å². The largest absolute Gasteiger partial charge is 0.497 e. The third-order valence-electron chi connectivity index (χ3n) is 5.70. The zero-order valence-electron chi connectivity index (χ0n) is 20.7. The van der Waals surface area contributed by atoms with Crippen molar-refractivity contribution >= 4 is 22.9 Å². The Morgan fingerprint density at radius 3 is 2.46 bits per heavy atom. The highest BCUT2D eigenvalue weighted by molar-refractivity contribution is 7.13. The fourth-order valence-corrected chi connectivity index (χ4v) is 4.67. The molecule has 1 aromatic heterocycles. The van der Waals surface area contributed by atoms with E-state index in [1.807, 2.05) is 54.6 Å². The van der Waals surface area contributed by atoms with Gasteiger partial charge in [-0.2, -0.15) is 0 Å². The van der Waals surface area contributed by atoms with Crippen LogP contribution in [0.5, 0.6) is 11.5 Å². The van der Waals surface area contributed by atoms with Crippen LogP contribution in [-0.4, -0.2) is 24.6 Å². The summed E-state index contributed by atoms with van der Waals surface area (Å²) in [4.78, 5) is 17.4. The van der Waals surface area contributed by atoms with E-state index in [0.717, 1.165) is 33.1 Å². The molecule has 0 saturated carbocycles. The molecule has 0 aliphatic carbocycles. The summed E-state index contributed by atoms with van der Waals surface area (Å²) in [6, 6.07) is 21.6. The van der Waals surface area contributed by atoms with Crippen LogP contribution in [0.4, 0.5) is 5.69 Å². The van der Waals surface area contributed by atoms with Crippen molar-refractivity contribution in [1.82, 2.24) is 4.98 Å². The maximum Gasteiger partial charge on any atom is 0.262 e. The lowest BCUT2D eigenvalue weighted by Gasteiger charge is -2.23. The average molecular weight is 487 g/mol. The lowest BCUT2D eigenvalue weighted by atomic mass is 9.86. The van der Waals surface area contributed by atoms with Crippen LogP contribution in [0.25, 0.3) is 21.8 Å². The van der Waals surface area contributed by atoms with E-state index >= 15 is 0 Å². The number of rotatable bonds is 7. The van der Waals surface area contributed by atoms with Gasteiger partial charge in [-0.15, -0.1) is 11.3 Å². The van der Waals surface area contributed by atoms with Gasteiger partial charge in [-0.1, -0.05) is 57.2 Å². The molecular weight excluding hydrogens is 456 g/mol. The second kappa shape index (κ2) is 10.3. The molecule has 1 amide bonds. The Morgan fingerprint density at radius 1 is 1.03 bits per heavy atom. The monoisotopic (exact) mass is 486 g/mol. The Hall–Kier alpha value is -3.64. The van der Waals surface area contributed by atoms with Crippen molar-refractivity contribution in [2.24, 2.45) is 0 Å². The summed E-state index contributed by atoms with van der Waals surface area (Å²) >= 11 is 1.63. The van der Waals surface area contributed by atoms with E-state index in [1.165, 1.54) is 5.56 Å². The molecule has 180 valence electrons. The predicted molar refractivity (Wildman–Crippen MR) is 144 cm³/mol. The van der Waals surface area contributed by atoms with Crippen LogP contribution in [0, 0.1) is 6.92 Å². The van der Waals surface area contributed by atoms with Gasteiger partial charge < -0.3 is 14.8 Å². The molecule has 0 spiro atoms. The molecular formula is C29H30N2O3S.